The van der Waals surface area contributed by atoms with Crippen LogP contribution in [-0.4, -0.2) is 139 Å². The van der Waals surface area contributed by atoms with Gasteiger partial charge in [-0.05, 0) is 5.41 Å². The Hall–Kier alpha value is -2.32. The third-order valence-electron chi connectivity index (χ3n) is 5.37. The molecule has 0 saturated heterocycles. The number of ether oxygens (including phenoxy) is 4. The molecule has 13 heteroatoms. The summed E-state index contributed by atoms with van der Waals surface area (Å²) in [4.78, 5) is 63.4. The van der Waals surface area contributed by atoms with Crippen molar-refractivity contribution in [1.82, 2.24) is 14.7 Å². The topological polar surface area (TPSA) is 133 Å². The summed E-state index contributed by atoms with van der Waals surface area (Å²) in [6, 6.07) is -0.643. The fourth-order valence-electron chi connectivity index (χ4n) is 3.55. The molecular weight excluding hydrogens is 478 g/mol. The fourth-order valence-corrected chi connectivity index (χ4v) is 3.55. The Morgan fingerprint density at radius 1 is 0.639 bits per heavy atom. The van der Waals surface area contributed by atoms with Crippen LogP contribution in [0.5, 0.6) is 0 Å². The lowest BCUT2D eigenvalue weighted by molar-refractivity contribution is -0.273. The van der Waals surface area contributed by atoms with E-state index in [0.29, 0.717) is 26.2 Å². The van der Waals surface area contributed by atoms with Crippen molar-refractivity contribution in [1.29, 1.82) is 0 Å². The SMILES string of the molecule is COOCCN(CCN(CCN(CC(=O)OC)CC(=O)OC)C(C(=O)OC)C(C)(C)C)CC(=O)OC. The molecule has 0 aliphatic carbocycles. The van der Waals surface area contributed by atoms with Crippen molar-refractivity contribution in [3.63, 3.8) is 0 Å². The molecule has 0 amide bonds. The molecule has 210 valence electrons. The standard InChI is InChI=1S/C23H43N3O10/c1-23(2,3)21(22(30)34-7)26(11-9-24(13-14-36-35-8)15-18(27)31-4)12-10-25(16-19(28)32-5)17-20(29)33-6/h21H,9-17H2,1-8H3. The maximum atomic E-state index is 12.8. The lowest BCUT2D eigenvalue weighted by atomic mass is 9.85. The normalized spacial score (nSPS) is 12.5. The van der Waals surface area contributed by atoms with Gasteiger partial charge < -0.3 is 18.9 Å². The Balaban J connectivity index is 5.80. The third kappa shape index (κ3) is 13.7. The van der Waals surface area contributed by atoms with E-state index in [9.17, 15) is 19.2 Å². The molecule has 0 radical (unpaired) electrons. The first-order valence-electron chi connectivity index (χ1n) is 11.6. The van der Waals surface area contributed by atoms with Crippen LogP contribution < -0.4 is 0 Å². The van der Waals surface area contributed by atoms with E-state index in [4.69, 9.17) is 23.8 Å². The van der Waals surface area contributed by atoms with Crippen molar-refractivity contribution in [2.24, 2.45) is 5.41 Å². The van der Waals surface area contributed by atoms with E-state index in [2.05, 4.69) is 4.89 Å². The molecule has 0 aromatic rings. The van der Waals surface area contributed by atoms with Crippen LogP contribution in [0, 0.1) is 5.41 Å². The molecule has 0 spiro atoms. The minimum absolute atomic E-state index is 0.0205. The summed E-state index contributed by atoms with van der Waals surface area (Å²) < 4.78 is 19.4. The average Bonchev–Trinajstić information content (AvgIpc) is 2.83. The first-order chi connectivity index (χ1) is 16.9. The smallest absolute Gasteiger partial charge is 0.323 e. The average molecular weight is 522 g/mol. The van der Waals surface area contributed by atoms with Crippen molar-refractivity contribution < 1.29 is 47.9 Å². The maximum Gasteiger partial charge on any atom is 0.323 e. The van der Waals surface area contributed by atoms with Gasteiger partial charge >= 0.3 is 23.9 Å². The van der Waals surface area contributed by atoms with Gasteiger partial charge in [0.2, 0.25) is 0 Å². The Morgan fingerprint density at radius 2 is 1.08 bits per heavy atom. The van der Waals surface area contributed by atoms with E-state index in [0.717, 1.165) is 0 Å². The molecule has 13 nitrogen and oxygen atoms in total. The summed E-state index contributed by atoms with van der Waals surface area (Å²) >= 11 is 0. The summed E-state index contributed by atoms with van der Waals surface area (Å²) in [7, 11) is 6.56. The summed E-state index contributed by atoms with van der Waals surface area (Å²) in [6.45, 7) is 7.45. The van der Waals surface area contributed by atoms with Crippen molar-refractivity contribution in [2.45, 2.75) is 26.8 Å². The van der Waals surface area contributed by atoms with Gasteiger partial charge in [0.05, 0.1) is 61.8 Å². The molecule has 1 unspecified atom stereocenters. The van der Waals surface area contributed by atoms with E-state index < -0.39 is 35.3 Å². The summed E-state index contributed by atoms with van der Waals surface area (Å²) in [6.07, 6.45) is 0. The molecule has 0 aromatic carbocycles. The van der Waals surface area contributed by atoms with Crippen LogP contribution in [0.1, 0.15) is 20.8 Å². The lowest BCUT2D eigenvalue weighted by Gasteiger charge is -2.39. The number of carbonyl (C=O) groups excluding carboxylic acids is 4. The van der Waals surface area contributed by atoms with Crippen LogP contribution in [-0.2, 0) is 47.9 Å². The van der Waals surface area contributed by atoms with Crippen molar-refractivity contribution in [3.8, 4) is 0 Å². The largest absolute Gasteiger partial charge is 0.468 e. The predicted molar refractivity (Wildman–Crippen MR) is 129 cm³/mol. The van der Waals surface area contributed by atoms with E-state index >= 15 is 0 Å². The van der Waals surface area contributed by atoms with Gasteiger partial charge in [-0.25, -0.2) is 9.78 Å². The van der Waals surface area contributed by atoms with Crippen molar-refractivity contribution in [3.05, 3.63) is 0 Å². The Bertz CT molecular complexity index is 666. The third-order valence-corrected chi connectivity index (χ3v) is 5.37. The zero-order valence-electron chi connectivity index (χ0n) is 22.9. The van der Waals surface area contributed by atoms with Gasteiger partial charge in [0, 0.05) is 32.7 Å². The molecule has 36 heavy (non-hydrogen) atoms. The minimum Gasteiger partial charge on any atom is -0.468 e. The Morgan fingerprint density at radius 3 is 1.47 bits per heavy atom. The molecule has 0 N–H and O–H groups in total. The molecule has 0 aromatic heterocycles. The van der Waals surface area contributed by atoms with E-state index in [-0.39, 0.29) is 32.8 Å². The highest BCUT2D eigenvalue weighted by Gasteiger charge is 2.37. The number of methoxy groups -OCH3 is 4. The van der Waals surface area contributed by atoms with Gasteiger partial charge in [-0.15, -0.1) is 0 Å². The van der Waals surface area contributed by atoms with Gasteiger partial charge in [0.15, 0.2) is 0 Å². The molecule has 0 rings (SSSR count). The highest BCUT2D eigenvalue weighted by Crippen LogP contribution is 2.25. The molecule has 0 aliphatic rings. The predicted octanol–water partition coefficient (Wildman–Crippen LogP) is -0.423. The molecule has 0 heterocycles. The molecule has 0 aliphatic heterocycles. The summed E-state index contributed by atoms with van der Waals surface area (Å²) in [5.74, 6) is -1.85. The number of nitrogens with zero attached hydrogens (tertiary/aromatic N) is 3. The minimum atomic E-state index is -0.643. The van der Waals surface area contributed by atoms with Gasteiger partial charge in [0.25, 0.3) is 0 Å². The number of hydrogen-bond acceptors (Lipinski definition) is 13. The fraction of sp³-hybridized carbons (Fsp3) is 0.826. The van der Waals surface area contributed by atoms with Gasteiger partial charge in [0.1, 0.15) is 6.04 Å². The summed E-state index contributed by atoms with van der Waals surface area (Å²) in [5.41, 5.74) is -0.505. The highest BCUT2D eigenvalue weighted by atomic mass is 17.2. The number of carbonyl (C=O) groups is 4. The molecule has 0 saturated carbocycles. The van der Waals surface area contributed by atoms with Crippen LogP contribution >= 0.6 is 0 Å². The van der Waals surface area contributed by atoms with Crippen molar-refractivity contribution in [2.75, 3.05) is 94.5 Å². The zero-order valence-corrected chi connectivity index (χ0v) is 22.9. The Labute approximate surface area is 213 Å². The zero-order chi connectivity index (χ0) is 27.7. The maximum absolute atomic E-state index is 12.8. The quantitative estimate of drug-likeness (QED) is 0.0760. The first kappa shape index (κ1) is 33.7. The molecular formula is C23H43N3O10. The molecule has 1 atom stereocenters. The second-order valence-electron chi connectivity index (χ2n) is 9.03. The van der Waals surface area contributed by atoms with E-state index in [1.54, 1.807) is 4.90 Å². The first-order valence-corrected chi connectivity index (χ1v) is 11.6. The molecule has 0 bridgehead atoms. The summed E-state index contributed by atoms with van der Waals surface area (Å²) in [5, 5.41) is 0. The number of esters is 4. The van der Waals surface area contributed by atoms with Crippen LogP contribution in [0.2, 0.25) is 0 Å². The van der Waals surface area contributed by atoms with E-state index in [1.807, 2.05) is 30.6 Å². The second kappa shape index (κ2) is 18.0. The van der Waals surface area contributed by atoms with Gasteiger partial charge in [-0.3, -0.25) is 33.9 Å². The monoisotopic (exact) mass is 521 g/mol. The van der Waals surface area contributed by atoms with Crippen LogP contribution in [0.15, 0.2) is 0 Å². The van der Waals surface area contributed by atoms with Gasteiger partial charge in [-0.2, -0.15) is 0 Å². The Kier molecular flexibility index (Phi) is 16.8. The number of hydrogen-bond donors (Lipinski definition) is 0. The highest BCUT2D eigenvalue weighted by molar-refractivity contribution is 5.77. The van der Waals surface area contributed by atoms with E-state index in [1.165, 1.54) is 35.5 Å². The van der Waals surface area contributed by atoms with Crippen LogP contribution in [0.3, 0.4) is 0 Å². The number of rotatable bonds is 18. The van der Waals surface area contributed by atoms with Crippen molar-refractivity contribution >= 4 is 23.9 Å². The van der Waals surface area contributed by atoms with Crippen LogP contribution in [0.4, 0.5) is 0 Å². The molecule has 0 fully saturated rings. The van der Waals surface area contributed by atoms with Gasteiger partial charge in [-0.1, -0.05) is 20.8 Å². The second-order valence-corrected chi connectivity index (χ2v) is 9.03. The lowest BCUT2D eigenvalue weighted by Crippen LogP contribution is -2.54. The van der Waals surface area contributed by atoms with Crippen LogP contribution in [0.25, 0.3) is 0 Å².